The van der Waals surface area contributed by atoms with Crippen molar-refractivity contribution in [2.45, 2.75) is 38.6 Å². The van der Waals surface area contributed by atoms with Gasteiger partial charge in [-0.05, 0) is 49.9 Å². The van der Waals surface area contributed by atoms with E-state index in [0.717, 1.165) is 68.6 Å². The van der Waals surface area contributed by atoms with E-state index in [2.05, 4.69) is 54.8 Å². The van der Waals surface area contributed by atoms with E-state index in [1.54, 1.807) is 0 Å². The van der Waals surface area contributed by atoms with Gasteiger partial charge in [-0.15, -0.1) is 10.2 Å². The van der Waals surface area contributed by atoms with Crippen LogP contribution in [0, 0.1) is 6.92 Å². The van der Waals surface area contributed by atoms with Gasteiger partial charge >= 0.3 is 0 Å². The standard InChI is InChI=1S/C22H30N8/c1-17-8-9-19(25-16-17)29-14-10-18(11-15-29)26-22(23-2)24-12-5-7-21-28-27-20-6-3-4-13-30(20)21/h3-4,6,8-9,13,16,18H,5,7,10-12,14-15H2,1-2H3,(H2,23,24,26). The van der Waals surface area contributed by atoms with Crippen LogP contribution in [-0.4, -0.2) is 58.3 Å². The summed E-state index contributed by atoms with van der Waals surface area (Å²) in [5.41, 5.74) is 2.09. The molecule has 158 valence electrons. The molecule has 4 rings (SSSR count). The van der Waals surface area contributed by atoms with Crippen molar-refractivity contribution in [3.05, 3.63) is 54.1 Å². The fourth-order valence-corrected chi connectivity index (χ4v) is 3.80. The van der Waals surface area contributed by atoms with E-state index < -0.39 is 0 Å². The monoisotopic (exact) mass is 406 g/mol. The van der Waals surface area contributed by atoms with Crippen molar-refractivity contribution < 1.29 is 0 Å². The average molecular weight is 407 g/mol. The highest BCUT2D eigenvalue weighted by atomic mass is 15.2. The van der Waals surface area contributed by atoms with Crippen molar-refractivity contribution in [3.8, 4) is 0 Å². The maximum Gasteiger partial charge on any atom is 0.191 e. The lowest BCUT2D eigenvalue weighted by molar-refractivity contribution is 0.459. The molecule has 3 aromatic rings. The summed E-state index contributed by atoms with van der Waals surface area (Å²) in [6, 6.07) is 10.6. The molecule has 0 atom stereocenters. The van der Waals surface area contributed by atoms with E-state index in [1.807, 2.05) is 42.0 Å². The lowest BCUT2D eigenvalue weighted by Crippen LogP contribution is -2.49. The van der Waals surface area contributed by atoms with Gasteiger partial charge in [-0.2, -0.15) is 0 Å². The van der Waals surface area contributed by atoms with E-state index in [-0.39, 0.29) is 0 Å². The molecule has 8 nitrogen and oxygen atoms in total. The largest absolute Gasteiger partial charge is 0.356 e. The van der Waals surface area contributed by atoms with E-state index in [0.29, 0.717) is 6.04 Å². The Morgan fingerprint density at radius 3 is 2.80 bits per heavy atom. The zero-order chi connectivity index (χ0) is 20.8. The topological polar surface area (TPSA) is 82.7 Å². The second-order valence-electron chi connectivity index (χ2n) is 7.75. The number of anilines is 1. The summed E-state index contributed by atoms with van der Waals surface area (Å²) >= 11 is 0. The minimum absolute atomic E-state index is 0.429. The van der Waals surface area contributed by atoms with Crippen LogP contribution in [0.5, 0.6) is 0 Å². The summed E-state index contributed by atoms with van der Waals surface area (Å²) in [6.07, 6.45) is 7.93. The molecule has 0 spiro atoms. The number of pyridine rings is 2. The molecular weight excluding hydrogens is 376 g/mol. The predicted molar refractivity (Wildman–Crippen MR) is 120 cm³/mol. The Kier molecular flexibility index (Phi) is 6.41. The Morgan fingerprint density at radius 1 is 1.17 bits per heavy atom. The molecule has 2 N–H and O–H groups in total. The summed E-state index contributed by atoms with van der Waals surface area (Å²) in [7, 11) is 1.83. The number of rotatable bonds is 6. The highest BCUT2D eigenvalue weighted by molar-refractivity contribution is 5.79. The molecule has 0 aromatic carbocycles. The van der Waals surface area contributed by atoms with Crippen LogP contribution in [0.3, 0.4) is 0 Å². The van der Waals surface area contributed by atoms with Crippen LogP contribution in [0.15, 0.2) is 47.7 Å². The summed E-state index contributed by atoms with van der Waals surface area (Å²) in [5.74, 6) is 2.93. The Bertz CT molecular complexity index is 970. The van der Waals surface area contributed by atoms with Crippen molar-refractivity contribution in [1.29, 1.82) is 0 Å². The van der Waals surface area contributed by atoms with Crippen LogP contribution in [0.4, 0.5) is 5.82 Å². The van der Waals surface area contributed by atoms with Gasteiger partial charge in [0.1, 0.15) is 11.6 Å². The molecule has 0 unspecified atom stereocenters. The van der Waals surface area contributed by atoms with Crippen molar-refractivity contribution in [3.63, 3.8) is 0 Å². The van der Waals surface area contributed by atoms with Gasteiger partial charge in [-0.1, -0.05) is 12.1 Å². The second-order valence-corrected chi connectivity index (χ2v) is 7.75. The predicted octanol–water partition coefficient (Wildman–Crippen LogP) is 2.20. The van der Waals surface area contributed by atoms with Gasteiger partial charge in [-0.25, -0.2) is 4.98 Å². The number of aryl methyl sites for hydroxylation is 2. The molecule has 1 saturated heterocycles. The second kappa shape index (κ2) is 9.56. The van der Waals surface area contributed by atoms with Crippen LogP contribution in [0.1, 0.15) is 30.7 Å². The smallest absolute Gasteiger partial charge is 0.191 e. The van der Waals surface area contributed by atoms with E-state index in [1.165, 1.54) is 5.56 Å². The summed E-state index contributed by atoms with van der Waals surface area (Å²) in [4.78, 5) is 11.3. The number of nitrogens with zero attached hydrogens (tertiary/aromatic N) is 6. The molecule has 0 aliphatic carbocycles. The van der Waals surface area contributed by atoms with Gasteiger partial charge in [0.15, 0.2) is 11.6 Å². The lowest BCUT2D eigenvalue weighted by atomic mass is 10.1. The number of guanidine groups is 1. The highest BCUT2D eigenvalue weighted by Gasteiger charge is 2.20. The number of fused-ring (bicyclic) bond motifs is 1. The molecular formula is C22H30N8. The molecule has 0 amide bonds. The number of aromatic nitrogens is 4. The van der Waals surface area contributed by atoms with Gasteiger partial charge < -0.3 is 15.5 Å². The number of nitrogens with one attached hydrogen (secondary N) is 2. The summed E-state index contributed by atoms with van der Waals surface area (Å²) < 4.78 is 2.05. The summed E-state index contributed by atoms with van der Waals surface area (Å²) in [6.45, 7) is 4.92. The number of hydrogen-bond acceptors (Lipinski definition) is 5. The van der Waals surface area contributed by atoms with Crippen LogP contribution < -0.4 is 15.5 Å². The molecule has 1 aliphatic rings. The van der Waals surface area contributed by atoms with E-state index in [4.69, 9.17) is 0 Å². The third-order valence-electron chi connectivity index (χ3n) is 5.53. The first kappa shape index (κ1) is 20.1. The van der Waals surface area contributed by atoms with Crippen molar-refractivity contribution in [2.24, 2.45) is 4.99 Å². The maximum atomic E-state index is 4.55. The van der Waals surface area contributed by atoms with Gasteiger partial charge in [0.25, 0.3) is 0 Å². The van der Waals surface area contributed by atoms with Crippen LogP contribution in [-0.2, 0) is 6.42 Å². The van der Waals surface area contributed by atoms with Gasteiger partial charge in [-0.3, -0.25) is 9.39 Å². The van der Waals surface area contributed by atoms with Gasteiger partial charge in [0.05, 0.1) is 0 Å². The first-order valence-corrected chi connectivity index (χ1v) is 10.7. The highest BCUT2D eigenvalue weighted by Crippen LogP contribution is 2.18. The zero-order valence-corrected chi connectivity index (χ0v) is 17.8. The molecule has 4 heterocycles. The molecule has 0 radical (unpaired) electrons. The minimum atomic E-state index is 0.429. The fourth-order valence-electron chi connectivity index (χ4n) is 3.80. The zero-order valence-electron chi connectivity index (χ0n) is 17.8. The number of hydrogen-bond donors (Lipinski definition) is 2. The Labute approximate surface area is 177 Å². The Morgan fingerprint density at radius 2 is 2.03 bits per heavy atom. The maximum absolute atomic E-state index is 4.55. The number of aliphatic imine (C=N–C) groups is 1. The molecule has 0 saturated carbocycles. The number of piperidine rings is 1. The van der Waals surface area contributed by atoms with Crippen LogP contribution >= 0.6 is 0 Å². The molecule has 0 bridgehead atoms. The SMILES string of the molecule is CN=C(NCCCc1nnc2ccccn12)NC1CCN(c2ccc(C)cn2)CC1. The molecule has 30 heavy (non-hydrogen) atoms. The molecule has 1 aliphatic heterocycles. The van der Waals surface area contributed by atoms with Crippen LogP contribution in [0.2, 0.25) is 0 Å². The normalized spacial score (nSPS) is 15.5. The summed E-state index contributed by atoms with van der Waals surface area (Å²) in [5, 5.41) is 15.5. The first-order valence-electron chi connectivity index (χ1n) is 10.7. The third kappa shape index (κ3) is 4.87. The van der Waals surface area contributed by atoms with Crippen molar-refractivity contribution >= 4 is 17.4 Å². The van der Waals surface area contributed by atoms with Gasteiger partial charge in [0, 0.05) is 51.5 Å². The van der Waals surface area contributed by atoms with E-state index >= 15 is 0 Å². The Hall–Kier alpha value is -3.16. The third-order valence-corrected chi connectivity index (χ3v) is 5.53. The minimum Gasteiger partial charge on any atom is -0.356 e. The quantitative estimate of drug-likeness (QED) is 0.371. The van der Waals surface area contributed by atoms with Gasteiger partial charge in [0.2, 0.25) is 0 Å². The van der Waals surface area contributed by atoms with Crippen molar-refractivity contribution in [2.75, 3.05) is 31.6 Å². The van der Waals surface area contributed by atoms with E-state index in [9.17, 15) is 0 Å². The van der Waals surface area contributed by atoms with Crippen molar-refractivity contribution in [1.82, 2.24) is 30.2 Å². The lowest BCUT2D eigenvalue weighted by Gasteiger charge is -2.33. The first-order chi connectivity index (χ1) is 14.7. The Balaban J connectivity index is 1.19. The van der Waals surface area contributed by atoms with Crippen LogP contribution in [0.25, 0.3) is 5.65 Å². The molecule has 8 heteroatoms. The average Bonchev–Trinajstić information content (AvgIpc) is 3.20. The molecule has 1 fully saturated rings. The molecule has 3 aromatic heterocycles. The fraction of sp³-hybridized carbons (Fsp3) is 0.455.